The third kappa shape index (κ3) is 3.34. The molecule has 140 valence electrons. The number of nitrogens with zero attached hydrogens (tertiary/aromatic N) is 2. The quantitative estimate of drug-likeness (QED) is 0.657. The fourth-order valence-electron chi connectivity index (χ4n) is 3.97. The summed E-state index contributed by atoms with van der Waals surface area (Å²) in [6.45, 7) is 3.13. The highest BCUT2D eigenvalue weighted by atomic mass is 32.1. The van der Waals surface area contributed by atoms with Gasteiger partial charge < -0.3 is 14.8 Å². The molecule has 1 N–H and O–H groups in total. The maximum absolute atomic E-state index is 5.49. The molecule has 0 saturated heterocycles. The van der Waals surface area contributed by atoms with E-state index in [0.29, 0.717) is 19.3 Å². The largest absolute Gasteiger partial charge is 0.454 e. The summed E-state index contributed by atoms with van der Waals surface area (Å²) in [4.78, 5) is 12.2. The molecular weight excluding hydrogens is 358 g/mol. The Bertz CT molecular complexity index is 979. The Morgan fingerprint density at radius 2 is 1.93 bits per heavy atom. The van der Waals surface area contributed by atoms with Crippen molar-refractivity contribution in [3.8, 4) is 11.5 Å². The van der Waals surface area contributed by atoms with Gasteiger partial charge in [-0.25, -0.2) is 9.97 Å². The van der Waals surface area contributed by atoms with Gasteiger partial charge in [-0.1, -0.05) is 25.3 Å². The molecule has 5 rings (SSSR count). The maximum atomic E-state index is 5.49. The summed E-state index contributed by atoms with van der Waals surface area (Å²) in [5, 5.41) is 4.67. The Morgan fingerprint density at radius 3 is 2.81 bits per heavy atom. The molecule has 5 nitrogen and oxygen atoms in total. The van der Waals surface area contributed by atoms with Gasteiger partial charge in [0, 0.05) is 17.3 Å². The molecule has 1 aromatic carbocycles. The average molecular weight is 382 g/mol. The molecule has 2 aromatic heterocycles. The first-order valence-corrected chi connectivity index (χ1v) is 10.5. The Hall–Kier alpha value is -2.34. The molecule has 2 aliphatic rings. The summed E-state index contributed by atoms with van der Waals surface area (Å²) < 4.78 is 10.9. The van der Waals surface area contributed by atoms with Crippen LogP contribution in [-0.2, 0) is 6.54 Å². The molecule has 1 aliphatic heterocycles. The molecule has 0 atom stereocenters. The van der Waals surface area contributed by atoms with Gasteiger partial charge in [-0.05, 0) is 43.5 Å². The molecule has 1 saturated carbocycles. The zero-order valence-electron chi connectivity index (χ0n) is 15.5. The SMILES string of the molecule is Cc1cc2c(NCc3ccc4c(c3)OCO4)nc(C3CCCCC3)nc2s1. The number of benzene rings is 1. The number of nitrogens with one attached hydrogen (secondary N) is 1. The van der Waals surface area contributed by atoms with Crippen LogP contribution in [0.2, 0.25) is 0 Å². The third-order valence-corrected chi connectivity index (χ3v) is 6.34. The molecule has 6 heteroatoms. The van der Waals surface area contributed by atoms with Crippen LogP contribution in [0, 0.1) is 6.92 Å². The minimum Gasteiger partial charge on any atom is -0.454 e. The normalized spacial score (nSPS) is 16.8. The van der Waals surface area contributed by atoms with Gasteiger partial charge in [0.2, 0.25) is 6.79 Å². The van der Waals surface area contributed by atoms with E-state index in [4.69, 9.17) is 19.4 Å². The Balaban J connectivity index is 1.44. The number of fused-ring (bicyclic) bond motifs is 2. The zero-order chi connectivity index (χ0) is 18.2. The van der Waals surface area contributed by atoms with E-state index < -0.39 is 0 Å². The van der Waals surface area contributed by atoms with E-state index in [1.165, 1.54) is 37.0 Å². The summed E-state index contributed by atoms with van der Waals surface area (Å²) in [5.74, 6) is 4.09. The van der Waals surface area contributed by atoms with Crippen molar-refractivity contribution in [1.29, 1.82) is 0 Å². The molecule has 0 bridgehead atoms. The molecule has 3 aromatic rings. The van der Waals surface area contributed by atoms with Crippen LogP contribution in [0.1, 0.15) is 54.3 Å². The van der Waals surface area contributed by atoms with Crippen molar-refractivity contribution in [1.82, 2.24) is 9.97 Å². The molecule has 27 heavy (non-hydrogen) atoms. The Labute approximate surface area is 162 Å². The van der Waals surface area contributed by atoms with Crippen molar-refractivity contribution >= 4 is 27.4 Å². The zero-order valence-corrected chi connectivity index (χ0v) is 16.3. The fourth-order valence-corrected chi connectivity index (χ4v) is 4.86. The maximum Gasteiger partial charge on any atom is 0.231 e. The van der Waals surface area contributed by atoms with Gasteiger partial charge in [0.25, 0.3) is 0 Å². The van der Waals surface area contributed by atoms with Gasteiger partial charge >= 0.3 is 0 Å². The van der Waals surface area contributed by atoms with Gasteiger partial charge in [0.15, 0.2) is 11.5 Å². The highest BCUT2D eigenvalue weighted by Crippen LogP contribution is 2.36. The predicted octanol–water partition coefficient (Wildman–Crippen LogP) is 5.39. The number of aryl methyl sites for hydroxylation is 1. The molecule has 0 spiro atoms. The van der Waals surface area contributed by atoms with Gasteiger partial charge in [0.1, 0.15) is 16.5 Å². The number of hydrogen-bond donors (Lipinski definition) is 1. The smallest absolute Gasteiger partial charge is 0.231 e. The van der Waals surface area contributed by atoms with Crippen LogP contribution < -0.4 is 14.8 Å². The number of thiophene rings is 1. The van der Waals surface area contributed by atoms with Crippen molar-refractivity contribution in [2.24, 2.45) is 0 Å². The van der Waals surface area contributed by atoms with Crippen molar-refractivity contribution in [2.75, 3.05) is 12.1 Å². The van der Waals surface area contributed by atoms with E-state index >= 15 is 0 Å². The highest BCUT2D eigenvalue weighted by Gasteiger charge is 2.21. The molecular formula is C21H23N3O2S. The first kappa shape index (κ1) is 16.8. The van der Waals surface area contributed by atoms with Crippen molar-refractivity contribution in [3.63, 3.8) is 0 Å². The van der Waals surface area contributed by atoms with E-state index in [-0.39, 0.29) is 0 Å². The lowest BCUT2D eigenvalue weighted by molar-refractivity contribution is 0.174. The van der Waals surface area contributed by atoms with Crippen LogP contribution in [0.15, 0.2) is 24.3 Å². The van der Waals surface area contributed by atoms with Gasteiger partial charge in [0.05, 0.1) is 5.39 Å². The van der Waals surface area contributed by atoms with E-state index in [9.17, 15) is 0 Å². The van der Waals surface area contributed by atoms with Crippen LogP contribution in [0.25, 0.3) is 10.2 Å². The number of aromatic nitrogens is 2. The van der Waals surface area contributed by atoms with Crippen LogP contribution >= 0.6 is 11.3 Å². The van der Waals surface area contributed by atoms with Gasteiger partial charge in [-0.15, -0.1) is 11.3 Å². The number of hydrogen-bond acceptors (Lipinski definition) is 6. The third-order valence-electron chi connectivity index (χ3n) is 5.40. The van der Waals surface area contributed by atoms with Crippen molar-refractivity contribution in [3.05, 3.63) is 40.5 Å². The molecule has 1 aliphatic carbocycles. The predicted molar refractivity (Wildman–Crippen MR) is 108 cm³/mol. The van der Waals surface area contributed by atoms with Crippen LogP contribution in [0.3, 0.4) is 0 Å². The molecule has 0 radical (unpaired) electrons. The summed E-state index contributed by atoms with van der Waals surface area (Å²) in [5.41, 5.74) is 1.15. The lowest BCUT2D eigenvalue weighted by Crippen LogP contribution is -2.11. The van der Waals surface area contributed by atoms with Crippen LogP contribution in [0.5, 0.6) is 11.5 Å². The Kier molecular flexibility index (Phi) is 4.36. The Morgan fingerprint density at radius 1 is 1.07 bits per heavy atom. The second kappa shape index (κ2) is 7.00. The molecule has 1 fully saturated rings. The topological polar surface area (TPSA) is 56.3 Å². The van der Waals surface area contributed by atoms with E-state index in [1.54, 1.807) is 11.3 Å². The average Bonchev–Trinajstić information content (AvgIpc) is 3.31. The minimum atomic E-state index is 0.303. The molecule has 0 unspecified atom stereocenters. The second-order valence-electron chi connectivity index (χ2n) is 7.38. The lowest BCUT2D eigenvalue weighted by Gasteiger charge is -2.21. The molecule has 0 amide bonds. The van der Waals surface area contributed by atoms with E-state index in [2.05, 4.69) is 24.4 Å². The summed E-state index contributed by atoms with van der Waals surface area (Å²) in [7, 11) is 0. The second-order valence-corrected chi connectivity index (χ2v) is 8.62. The summed E-state index contributed by atoms with van der Waals surface area (Å²) in [6.07, 6.45) is 6.33. The summed E-state index contributed by atoms with van der Waals surface area (Å²) >= 11 is 1.75. The van der Waals surface area contributed by atoms with Crippen molar-refractivity contribution < 1.29 is 9.47 Å². The van der Waals surface area contributed by atoms with E-state index in [0.717, 1.165) is 38.9 Å². The number of anilines is 1. The van der Waals surface area contributed by atoms with Gasteiger partial charge in [-0.2, -0.15) is 0 Å². The number of ether oxygens (including phenoxy) is 2. The van der Waals surface area contributed by atoms with Gasteiger partial charge in [-0.3, -0.25) is 0 Å². The monoisotopic (exact) mass is 381 g/mol. The summed E-state index contributed by atoms with van der Waals surface area (Å²) in [6, 6.07) is 8.26. The first-order chi connectivity index (χ1) is 13.3. The lowest BCUT2D eigenvalue weighted by atomic mass is 9.89. The van der Waals surface area contributed by atoms with Crippen LogP contribution in [-0.4, -0.2) is 16.8 Å². The molecule has 3 heterocycles. The minimum absolute atomic E-state index is 0.303. The standard InChI is InChI=1S/C21H23N3O2S/c1-13-9-16-20(22-11-14-7-8-17-18(10-14)26-12-25-17)23-19(24-21(16)27-13)15-5-3-2-4-6-15/h7-10,15H,2-6,11-12H2,1H3,(H,22,23,24). The first-order valence-electron chi connectivity index (χ1n) is 9.67. The van der Waals surface area contributed by atoms with Crippen molar-refractivity contribution in [2.45, 2.75) is 51.5 Å². The van der Waals surface area contributed by atoms with E-state index in [1.807, 2.05) is 12.1 Å². The highest BCUT2D eigenvalue weighted by molar-refractivity contribution is 7.18. The fraction of sp³-hybridized carbons (Fsp3) is 0.429. The number of rotatable bonds is 4. The van der Waals surface area contributed by atoms with Crippen LogP contribution in [0.4, 0.5) is 5.82 Å².